The summed E-state index contributed by atoms with van der Waals surface area (Å²) < 4.78 is 7.14. The van der Waals surface area contributed by atoms with Gasteiger partial charge in [-0.15, -0.1) is 0 Å². The maximum atomic E-state index is 9.15. The molecule has 1 aromatic carbocycles. The molecule has 0 atom stereocenters. The molecule has 0 radical (unpaired) electrons. The van der Waals surface area contributed by atoms with Crippen molar-refractivity contribution in [1.29, 1.82) is 5.26 Å². The summed E-state index contributed by atoms with van der Waals surface area (Å²) in [5, 5.41) is 16.9. The average Bonchev–Trinajstić information content (AvgIpc) is 2.75. The smallest absolute Gasteiger partial charge is 0.136 e. The van der Waals surface area contributed by atoms with Crippen LogP contribution in [0.15, 0.2) is 18.2 Å². The molecule has 0 aliphatic heterocycles. The lowest BCUT2D eigenvalue weighted by molar-refractivity contribution is 0.413. The van der Waals surface area contributed by atoms with Crippen LogP contribution in [0.1, 0.15) is 28.1 Å². The van der Waals surface area contributed by atoms with Crippen LogP contribution in [0.4, 0.5) is 0 Å². The van der Waals surface area contributed by atoms with Gasteiger partial charge in [0.1, 0.15) is 11.8 Å². The highest BCUT2D eigenvalue weighted by molar-refractivity contribution is 5.45. The van der Waals surface area contributed by atoms with Crippen molar-refractivity contribution in [3.05, 3.63) is 46.3 Å². The van der Waals surface area contributed by atoms with E-state index in [-0.39, 0.29) is 0 Å². The lowest BCUT2D eigenvalue weighted by Gasteiger charge is -2.08. The number of benzene rings is 1. The Hall–Kier alpha value is -2.32. The van der Waals surface area contributed by atoms with E-state index in [0.717, 1.165) is 23.5 Å². The minimum Gasteiger partial charge on any atom is -0.495 e. The molecule has 2 rings (SSSR count). The highest BCUT2D eigenvalue weighted by atomic mass is 16.5. The lowest BCUT2D eigenvalue weighted by Crippen LogP contribution is -2.08. The first-order chi connectivity index (χ1) is 10.1. The number of hydrogen-bond acceptors (Lipinski definition) is 4. The van der Waals surface area contributed by atoms with E-state index in [1.165, 1.54) is 5.56 Å². The minimum atomic E-state index is 0.548. The van der Waals surface area contributed by atoms with Crippen LogP contribution >= 0.6 is 0 Å². The van der Waals surface area contributed by atoms with Crippen molar-refractivity contribution in [2.24, 2.45) is 0 Å². The Morgan fingerprint density at radius 1 is 1.38 bits per heavy atom. The van der Waals surface area contributed by atoms with Gasteiger partial charge in [0.15, 0.2) is 0 Å². The van der Waals surface area contributed by atoms with Gasteiger partial charge < -0.3 is 10.1 Å². The van der Waals surface area contributed by atoms with Gasteiger partial charge in [-0.05, 0) is 38.6 Å². The summed E-state index contributed by atoms with van der Waals surface area (Å²) in [6, 6.07) is 7.81. The summed E-state index contributed by atoms with van der Waals surface area (Å²) in [6.07, 6.45) is 0. The molecule has 0 saturated heterocycles. The van der Waals surface area contributed by atoms with Crippen LogP contribution in [-0.4, -0.2) is 23.9 Å². The second kappa shape index (κ2) is 6.42. The summed E-state index contributed by atoms with van der Waals surface area (Å²) in [5.74, 6) is 0.602. The molecule has 1 N–H and O–H groups in total. The molecular weight excluding hydrogens is 264 g/mol. The number of aryl methyl sites for hydroxylation is 1. The Morgan fingerprint density at radius 3 is 2.76 bits per heavy atom. The maximum absolute atomic E-state index is 9.15. The number of nitrogens with zero attached hydrogens (tertiary/aromatic N) is 3. The maximum Gasteiger partial charge on any atom is 0.136 e. The quantitative estimate of drug-likeness (QED) is 0.913. The third kappa shape index (κ3) is 3.06. The van der Waals surface area contributed by atoms with E-state index in [1.54, 1.807) is 7.11 Å². The first kappa shape index (κ1) is 15.1. The Kier molecular flexibility index (Phi) is 4.61. The van der Waals surface area contributed by atoms with Crippen LogP contribution in [0.25, 0.3) is 0 Å². The normalized spacial score (nSPS) is 10.4. The molecule has 0 saturated carbocycles. The highest BCUT2D eigenvalue weighted by Gasteiger charge is 2.11. The standard InChI is InChI=1S/C16H20N4O/c1-11-15(9-18-3)12(2)20(19-11)10-13-5-6-16(21-4)14(7-13)8-17/h5-7,18H,9-10H2,1-4H3. The SMILES string of the molecule is CNCc1c(C)nn(Cc2ccc(OC)c(C#N)c2)c1C. The zero-order chi connectivity index (χ0) is 15.4. The molecule has 0 spiro atoms. The van der Waals surface area contributed by atoms with Crippen LogP contribution < -0.4 is 10.1 Å². The lowest BCUT2D eigenvalue weighted by atomic mass is 10.1. The first-order valence-corrected chi connectivity index (χ1v) is 6.85. The predicted octanol–water partition coefficient (Wildman–Crippen LogP) is 2.15. The monoisotopic (exact) mass is 284 g/mol. The second-order valence-electron chi connectivity index (χ2n) is 4.98. The molecule has 0 aliphatic rings. The van der Waals surface area contributed by atoms with Crippen molar-refractivity contribution in [3.63, 3.8) is 0 Å². The number of methoxy groups -OCH3 is 1. The molecule has 0 bridgehead atoms. The van der Waals surface area contributed by atoms with E-state index >= 15 is 0 Å². The van der Waals surface area contributed by atoms with Crippen LogP contribution in [0, 0.1) is 25.2 Å². The molecule has 0 aliphatic carbocycles. The van der Waals surface area contributed by atoms with E-state index in [1.807, 2.05) is 36.9 Å². The summed E-state index contributed by atoms with van der Waals surface area (Å²) in [6.45, 7) is 5.55. The van der Waals surface area contributed by atoms with Crippen LogP contribution in [0.5, 0.6) is 5.75 Å². The van der Waals surface area contributed by atoms with Gasteiger partial charge in [-0.3, -0.25) is 4.68 Å². The fourth-order valence-electron chi connectivity index (χ4n) is 2.43. The predicted molar refractivity (Wildman–Crippen MR) is 81.3 cm³/mol. The molecule has 110 valence electrons. The molecule has 1 aromatic heterocycles. The summed E-state index contributed by atoms with van der Waals surface area (Å²) in [5.41, 5.74) is 5.00. The van der Waals surface area contributed by atoms with Crippen LogP contribution in [-0.2, 0) is 13.1 Å². The summed E-state index contributed by atoms with van der Waals surface area (Å²) in [4.78, 5) is 0. The van der Waals surface area contributed by atoms with Gasteiger partial charge in [0.2, 0.25) is 0 Å². The Bertz CT molecular complexity index is 682. The van der Waals surface area contributed by atoms with E-state index in [9.17, 15) is 0 Å². The second-order valence-corrected chi connectivity index (χ2v) is 4.98. The third-order valence-electron chi connectivity index (χ3n) is 3.60. The van der Waals surface area contributed by atoms with Crippen molar-refractivity contribution >= 4 is 0 Å². The number of rotatable bonds is 5. The zero-order valence-corrected chi connectivity index (χ0v) is 12.9. The molecule has 1 heterocycles. The molecule has 5 nitrogen and oxygen atoms in total. The molecule has 0 amide bonds. The molecular formula is C16H20N4O. The van der Waals surface area contributed by atoms with Gasteiger partial charge in [-0.2, -0.15) is 10.4 Å². The van der Waals surface area contributed by atoms with Gasteiger partial charge in [-0.25, -0.2) is 0 Å². The van der Waals surface area contributed by atoms with Gasteiger partial charge in [0.25, 0.3) is 0 Å². The summed E-state index contributed by atoms with van der Waals surface area (Å²) in [7, 11) is 3.50. The Balaban J connectivity index is 2.31. The average molecular weight is 284 g/mol. The molecule has 0 fully saturated rings. The van der Waals surface area contributed by atoms with Gasteiger partial charge >= 0.3 is 0 Å². The molecule has 21 heavy (non-hydrogen) atoms. The topological polar surface area (TPSA) is 62.9 Å². The minimum absolute atomic E-state index is 0.548. The van der Waals surface area contributed by atoms with Gasteiger partial charge in [-0.1, -0.05) is 6.07 Å². The summed E-state index contributed by atoms with van der Waals surface area (Å²) >= 11 is 0. The Morgan fingerprint density at radius 2 is 2.14 bits per heavy atom. The van der Waals surface area contributed by atoms with Crippen molar-refractivity contribution in [3.8, 4) is 11.8 Å². The Labute approximate surface area is 125 Å². The molecule has 2 aromatic rings. The fraction of sp³-hybridized carbons (Fsp3) is 0.375. The van der Waals surface area contributed by atoms with Crippen molar-refractivity contribution in [2.75, 3.05) is 14.2 Å². The van der Waals surface area contributed by atoms with E-state index in [4.69, 9.17) is 10.00 Å². The molecule has 5 heteroatoms. The number of ether oxygens (including phenoxy) is 1. The number of hydrogen-bond donors (Lipinski definition) is 1. The third-order valence-corrected chi connectivity index (χ3v) is 3.60. The number of nitrogens with one attached hydrogen (secondary N) is 1. The number of nitriles is 1. The van der Waals surface area contributed by atoms with Gasteiger partial charge in [0.05, 0.1) is 24.9 Å². The number of aromatic nitrogens is 2. The fourth-order valence-corrected chi connectivity index (χ4v) is 2.43. The van der Waals surface area contributed by atoms with Gasteiger partial charge in [0, 0.05) is 17.8 Å². The van der Waals surface area contributed by atoms with E-state index < -0.39 is 0 Å². The highest BCUT2D eigenvalue weighted by Crippen LogP contribution is 2.20. The van der Waals surface area contributed by atoms with Crippen molar-refractivity contribution in [2.45, 2.75) is 26.9 Å². The van der Waals surface area contributed by atoms with Crippen LogP contribution in [0.3, 0.4) is 0 Å². The van der Waals surface area contributed by atoms with Crippen LogP contribution in [0.2, 0.25) is 0 Å². The van der Waals surface area contributed by atoms with E-state index in [0.29, 0.717) is 17.9 Å². The largest absolute Gasteiger partial charge is 0.495 e. The van der Waals surface area contributed by atoms with Crippen molar-refractivity contribution < 1.29 is 4.74 Å². The van der Waals surface area contributed by atoms with Crippen molar-refractivity contribution in [1.82, 2.24) is 15.1 Å². The first-order valence-electron chi connectivity index (χ1n) is 6.85. The zero-order valence-electron chi connectivity index (χ0n) is 12.9. The molecule has 0 unspecified atom stereocenters. The van der Waals surface area contributed by atoms with E-state index in [2.05, 4.69) is 23.4 Å².